The van der Waals surface area contributed by atoms with Crippen molar-refractivity contribution in [3.8, 4) is 5.75 Å². The van der Waals surface area contributed by atoms with Gasteiger partial charge in [-0.3, -0.25) is 4.90 Å². The number of benzene rings is 1. The van der Waals surface area contributed by atoms with Crippen LogP contribution in [0, 0.1) is 0 Å². The standard InChI is InChI=1S/C17H27BrN2O/c1-4-5-15-12-20(13(2)8-9-19-15)11-14-10-16(21-3)6-7-17(14)18/h6-7,10,13,15,19H,4-5,8-9,11-12H2,1-3H3. The third-order valence-corrected chi connectivity index (χ3v) is 5.11. The number of nitrogens with zero attached hydrogens (tertiary/aromatic N) is 1. The molecule has 21 heavy (non-hydrogen) atoms. The largest absolute Gasteiger partial charge is 0.497 e. The summed E-state index contributed by atoms with van der Waals surface area (Å²) in [6, 6.07) is 7.45. The molecule has 3 nitrogen and oxygen atoms in total. The summed E-state index contributed by atoms with van der Waals surface area (Å²) in [5.41, 5.74) is 1.30. The average molecular weight is 355 g/mol. The molecule has 0 saturated carbocycles. The summed E-state index contributed by atoms with van der Waals surface area (Å²) in [7, 11) is 1.72. The Kier molecular flexibility index (Phi) is 6.52. The lowest BCUT2D eigenvalue weighted by Gasteiger charge is -2.29. The summed E-state index contributed by atoms with van der Waals surface area (Å²) < 4.78 is 6.52. The highest BCUT2D eigenvalue weighted by atomic mass is 79.9. The van der Waals surface area contributed by atoms with Crippen LogP contribution in [0.1, 0.15) is 38.7 Å². The number of nitrogens with one attached hydrogen (secondary N) is 1. The molecule has 2 atom stereocenters. The molecule has 1 N–H and O–H groups in total. The maximum atomic E-state index is 5.36. The average Bonchev–Trinajstić information content (AvgIpc) is 2.64. The molecule has 1 heterocycles. The molecule has 4 heteroatoms. The van der Waals surface area contributed by atoms with Gasteiger partial charge in [0.1, 0.15) is 5.75 Å². The fourth-order valence-corrected chi connectivity index (χ4v) is 3.36. The molecular formula is C17H27BrN2O. The van der Waals surface area contributed by atoms with E-state index in [-0.39, 0.29) is 0 Å². The van der Waals surface area contributed by atoms with Crippen LogP contribution in [0.15, 0.2) is 22.7 Å². The highest BCUT2D eigenvalue weighted by Gasteiger charge is 2.23. The highest BCUT2D eigenvalue weighted by molar-refractivity contribution is 9.10. The first-order valence-electron chi connectivity index (χ1n) is 7.94. The van der Waals surface area contributed by atoms with Gasteiger partial charge in [0.2, 0.25) is 0 Å². The predicted octanol–water partition coefficient (Wildman–Crippen LogP) is 3.81. The molecule has 2 rings (SSSR count). The normalized spacial score (nSPS) is 23.8. The van der Waals surface area contributed by atoms with E-state index in [9.17, 15) is 0 Å². The SMILES string of the molecule is CCCC1CN(Cc2cc(OC)ccc2Br)C(C)CCN1. The van der Waals surface area contributed by atoms with Crippen molar-refractivity contribution < 1.29 is 4.74 Å². The first-order chi connectivity index (χ1) is 10.1. The summed E-state index contributed by atoms with van der Waals surface area (Å²) in [5.74, 6) is 0.930. The number of methoxy groups -OCH3 is 1. The molecule has 0 aliphatic carbocycles. The summed E-state index contributed by atoms with van der Waals surface area (Å²) in [6.07, 6.45) is 3.70. The smallest absolute Gasteiger partial charge is 0.119 e. The minimum atomic E-state index is 0.609. The molecule has 1 aliphatic heterocycles. The van der Waals surface area contributed by atoms with Crippen molar-refractivity contribution in [3.05, 3.63) is 28.2 Å². The fraction of sp³-hybridized carbons (Fsp3) is 0.647. The van der Waals surface area contributed by atoms with E-state index < -0.39 is 0 Å². The summed E-state index contributed by atoms with van der Waals surface area (Å²) >= 11 is 3.67. The van der Waals surface area contributed by atoms with Crippen molar-refractivity contribution in [1.82, 2.24) is 10.2 Å². The fourth-order valence-electron chi connectivity index (χ4n) is 2.99. The first kappa shape index (κ1) is 16.8. The number of halogens is 1. The van der Waals surface area contributed by atoms with Crippen molar-refractivity contribution in [2.45, 2.75) is 51.7 Å². The molecule has 0 spiro atoms. The van der Waals surface area contributed by atoms with E-state index in [0.717, 1.165) is 25.4 Å². The Morgan fingerprint density at radius 3 is 2.95 bits per heavy atom. The van der Waals surface area contributed by atoms with E-state index in [2.05, 4.69) is 52.1 Å². The molecular weight excluding hydrogens is 328 g/mol. The zero-order valence-electron chi connectivity index (χ0n) is 13.4. The van der Waals surface area contributed by atoms with Crippen LogP contribution in [0.4, 0.5) is 0 Å². The van der Waals surface area contributed by atoms with Crippen LogP contribution in [-0.2, 0) is 6.54 Å². The van der Waals surface area contributed by atoms with Crippen molar-refractivity contribution in [2.24, 2.45) is 0 Å². The minimum Gasteiger partial charge on any atom is -0.497 e. The van der Waals surface area contributed by atoms with E-state index in [1.807, 2.05) is 6.07 Å². The molecule has 118 valence electrons. The van der Waals surface area contributed by atoms with E-state index in [1.54, 1.807) is 7.11 Å². The second kappa shape index (κ2) is 8.16. The molecule has 2 unspecified atom stereocenters. The lowest BCUT2D eigenvalue weighted by Crippen LogP contribution is -2.39. The van der Waals surface area contributed by atoms with Crippen LogP contribution in [0.5, 0.6) is 5.75 Å². The Labute approximate surface area is 137 Å². The van der Waals surface area contributed by atoms with Crippen LogP contribution >= 0.6 is 15.9 Å². The third kappa shape index (κ3) is 4.70. The number of hydrogen-bond donors (Lipinski definition) is 1. The van der Waals surface area contributed by atoms with Crippen molar-refractivity contribution >= 4 is 15.9 Å². The Bertz CT molecular complexity index is 452. The van der Waals surface area contributed by atoms with Gasteiger partial charge >= 0.3 is 0 Å². The van der Waals surface area contributed by atoms with Crippen molar-refractivity contribution in [1.29, 1.82) is 0 Å². The molecule has 1 saturated heterocycles. The maximum absolute atomic E-state index is 5.36. The monoisotopic (exact) mass is 354 g/mol. The molecule has 0 amide bonds. The van der Waals surface area contributed by atoms with Gasteiger partial charge in [0.25, 0.3) is 0 Å². The lowest BCUT2D eigenvalue weighted by molar-refractivity contribution is 0.192. The van der Waals surface area contributed by atoms with Crippen LogP contribution < -0.4 is 10.1 Å². The van der Waals surface area contributed by atoms with Gasteiger partial charge in [-0.15, -0.1) is 0 Å². The van der Waals surface area contributed by atoms with Gasteiger partial charge in [0, 0.05) is 29.6 Å². The molecule has 1 aliphatic rings. The second-order valence-corrected chi connectivity index (χ2v) is 6.82. The van der Waals surface area contributed by atoms with Gasteiger partial charge in [-0.25, -0.2) is 0 Å². The van der Waals surface area contributed by atoms with E-state index >= 15 is 0 Å². The maximum Gasteiger partial charge on any atom is 0.119 e. The van der Waals surface area contributed by atoms with Gasteiger partial charge in [0.15, 0.2) is 0 Å². The van der Waals surface area contributed by atoms with Crippen LogP contribution in [0.2, 0.25) is 0 Å². The first-order valence-corrected chi connectivity index (χ1v) is 8.73. The Balaban J connectivity index is 2.11. The number of rotatable bonds is 5. The minimum absolute atomic E-state index is 0.609. The molecule has 1 aromatic carbocycles. The Morgan fingerprint density at radius 1 is 1.43 bits per heavy atom. The Hall–Kier alpha value is -0.580. The predicted molar refractivity (Wildman–Crippen MR) is 91.9 cm³/mol. The van der Waals surface area contributed by atoms with Gasteiger partial charge in [-0.2, -0.15) is 0 Å². The van der Waals surface area contributed by atoms with Gasteiger partial charge < -0.3 is 10.1 Å². The number of ether oxygens (including phenoxy) is 1. The molecule has 0 aromatic heterocycles. The van der Waals surface area contributed by atoms with Gasteiger partial charge in [0.05, 0.1) is 7.11 Å². The van der Waals surface area contributed by atoms with Crippen LogP contribution in [0.3, 0.4) is 0 Å². The zero-order chi connectivity index (χ0) is 15.2. The lowest BCUT2D eigenvalue weighted by atomic mass is 10.1. The third-order valence-electron chi connectivity index (χ3n) is 4.34. The van der Waals surface area contributed by atoms with Crippen LogP contribution in [-0.4, -0.2) is 37.2 Å². The molecule has 1 aromatic rings. The molecule has 1 fully saturated rings. The van der Waals surface area contributed by atoms with Gasteiger partial charge in [-0.1, -0.05) is 29.3 Å². The summed E-state index contributed by atoms with van der Waals surface area (Å²) in [4.78, 5) is 2.60. The quantitative estimate of drug-likeness (QED) is 0.869. The summed E-state index contributed by atoms with van der Waals surface area (Å²) in [6.45, 7) is 7.82. The van der Waals surface area contributed by atoms with E-state index in [0.29, 0.717) is 12.1 Å². The highest BCUT2D eigenvalue weighted by Crippen LogP contribution is 2.25. The van der Waals surface area contributed by atoms with Crippen molar-refractivity contribution in [3.63, 3.8) is 0 Å². The zero-order valence-corrected chi connectivity index (χ0v) is 14.9. The molecule has 0 bridgehead atoms. The topological polar surface area (TPSA) is 24.5 Å². The molecule has 0 radical (unpaired) electrons. The van der Waals surface area contributed by atoms with E-state index in [1.165, 1.54) is 29.3 Å². The second-order valence-electron chi connectivity index (χ2n) is 5.96. The van der Waals surface area contributed by atoms with E-state index in [4.69, 9.17) is 4.74 Å². The summed E-state index contributed by atoms with van der Waals surface area (Å²) in [5, 5.41) is 3.69. The van der Waals surface area contributed by atoms with Crippen molar-refractivity contribution in [2.75, 3.05) is 20.2 Å². The number of hydrogen-bond acceptors (Lipinski definition) is 3. The van der Waals surface area contributed by atoms with Gasteiger partial charge in [-0.05, 0) is 50.1 Å². The Morgan fingerprint density at radius 2 is 2.24 bits per heavy atom. The van der Waals surface area contributed by atoms with Crippen LogP contribution in [0.25, 0.3) is 0 Å².